The van der Waals surface area contributed by atoms with E-state index in [9.17, 15) is 0 Å². The second kappa shape index (κ2) is 8.02. The highest BCUT2D eigenvalue weighted by atomic mass is 14.2. The van der Waals surface area contributed by atoms with E-state index in [0.717, 1.165) is 5.92 Å². The standard InChI is InChI=1S/C21H28/c1-4-19(21-10-6-5-7-11-21)12-8-9-18(3)20-15-13-17(2)14-16-20/h5-7,10-11,13-16,18-19H,4,8-9,12H2,1-3H3. The lowest BCUT2D eigenvalue weighted by Gasteiger charge is -2.17. The van der Waals surface area contributed by atoms with Gasteiger partial charge in [0.05, 0.1) is 0 Å². The molecule has 0 fully saturated rings. The van der Waals surface area contributed by atoms with Gasteiger partial charge in [-0.25, -0.2) is 0 Å². The normalized spacial score (nSPS) is 13.9. The van der Waals surface area contributed by atoms with E-state index in [1.807, 2.05) is 0 Å². The van der Waals surface area contributed by atoms with Crippen molar-refractivity contribution in [3.05, 3.63) is 71.3 Å². The predicted octanol–water partition coefficient (Wildman–Crippen LogP) is 6.46. The second-order valence-electron chi connectivity index (χ2n) is 6.26. The largest absolute Gasteiger partial charge is 0.0648 e. The maximum absolute atomic E-state index is 2.36. The minimum atomic E-state index is 0.666. The minimum absolute atomic E-state index is 0.666. The van der Waals surface area contributed by atoms with Gasteiger partial charge < -0.3 is 0 Å². The number of hydrogen-bond donors (Lipinski definition) is 0. The molecule has 0 saturated heterocycles. The van der Waals surface area contributed by atoms with Crippen molar-refractivity contribution < 1.29 is 0 Å². The van der Waals surface area contributed by atoms with E-state index in [-0.39, 0.29) is 0 Å². The molecule has 0 aliphatic heterocycles. The molecule has 0 amide bonds. The highest BCUT2D eigenvalue weighted by Gasteiger charge is 2.10. The molecule has 2 aromatic carbocycles. The maximum Gasteiger partial charge on any atom is -0.0165 e. The van der Waals surface area contributed by atoms with Crippen molar-refractivity contribution in [3.63, 3.8) is 0 Å². The fourth-order valence-corrected chi connectivity index (χ4v) is 3.06. The van der Waals surface area contributed by atoms with Crippen molar-refractivity contribution in [1.82, 2.24) is 0 Å². The van der Waals surface area contributed by atoms with E-state index in [1.54, 1.807) is 0 Å². The summed E-state index contributed by atoms with van der Waals surface area (Å²) in [5, 5.41) is 0. The summed E-state index contributed by atoms with van der Waals surface area (Å²) < 4.78 is 0. The molecule has 0 heterocycles. The number of benzene rings is 2. The molecule has 112 valence electrons. The van der Waals surface area contributed by atoms with Crippen LogP contribution in [0.2, 0.25) is 0 Å². The quantitative estimate of drug-likeness (QED) is 0.545. The van der Waals surface area contributed by atoms with E-state index in [1.165, 1.54) is 42.4 Å². The number of rotatable bonds is 7. The van der Waals surface area contributed by atoms with Gasteiger partial charge in [-0.1, -0.05) is 80.4 Å². The summed E-state index contributed by atoms with van der Waals surface area (Å²) in [7, 11) is 0. The molecule has 2 atom stereocenters. The van der Waals surface area contributed by atoms with Gasteiger partial charge in [-0.05, 0) is 49.1 Å². The van der Waals surface area contributed by atoms with Crippen LogP contribution in [0, 0.1) is 6.92 Å². The van der Waals surface area contributed by atoms with Gasteiger partial charge in [-0.3, -0.25) is 0 Å². The maximum atomic E-state index is 2.36. The molecule has 0 aliphatic rings. The Kier molecular flexibility index (Phi) is 6.04. The topological polar surface area (TPSA) is 0 Å². The Bertz CT molecular complexity index is 509. The summed E-state index contributed by atoms with van der Waals surface area (Å²) in [5.41, 5.74) is 4.33. The molecule has 2 unspecified atom stereocenters. The van der Waals surface area contributed by atoms with Gasteiger partial charge in [0, 0.05) is 0 Å². The summed E-state index contributed by atoms with van der Waals surface area (Å²) in [6.07, 6.45) is 5.13. The third-order valence-corrected chi connectivity index (χ3v) is 4.60. The van der Waals surface area contributed by atoms with Crippen molar-refractivity contribution in [2.45, 2.75) is 58.3 Å². The Morgan fingerprint density at radius 3 is 2.10 bits per heavy atom. The number of hydrogen-bond acceptors (Lipinski definition) is 0. The molecule has 2 rings (SSSR count). The van der Waals surface area contributed by atoms with Crippen molar-refractivity contribution >= 4 is 0 Å². The van der Waals surface area contributed by atoms with Crippen LogP contribution in [0.5, 0.6) is 0 Å². The van der Waals surface area contributed by atoms with Gasteiger partial charge in [0.2, 0.25) is 0 Å². The van der Waals surface area contributed by atoms with Gasteiger partial charge in [-0.15, -0.1) is 0 Å². The fourth-order valence-electron chi connectivity index (χ4n) is 3.06. The van der Waals surface area contributed by atoms with Crippen molar-refractivity contribution in [2.75, 3.05) is 0 Å². The molecule has 0 N–H and O–H groups in total. The molecule has 0 aliphatic carbocycles. The molecule has 2 aromatic rings. The van der Waals surface area contributed by atoms with E-state index in [4.69, 9.17) is 0 Å². The first kappa shape index (κ1) is 15.8. The first-order valence-electron chi connectivity index (χ1n) is 8.32. The van der Waals surface area contributed by atoms with Crippen LogP contribution in [0.4, 0.5) is 0 Å². The summed E-state index contributed by atoms with van der Waals surface area (Å²) in [6.45, 7) is 6.81. The molecule has 0 bridgehead atoms. The SMILES string of the molecule is CCC(CCCC(C)c1ccc(C)cc1)c1ccccc1. The van der Waals surface area contributed by atoms with Crippen molar-refractivity contribution in [2.24, 2.45) is 0 Å². The zero-order valence-electron chi connectivity index (χ0n) is 13.7. The van der Waals surface area contributed by atoms with Crippen LogP contribution < -0.4 is 0 Å². The fraction of sp³-hybridized carbons (Fsp3) is 0.429. The van der Waals surface area contributed by atoms with E-state index in [0.29, 0.717) is 5.92 Å². The average molecular weight is 280 g/mol. The highest BCUT2D eigenvalue weighted by molar-refractivity contribution is 5.24. The first-order valence-corrected chi connectivity index (χ1v) is 8.32. The Labute approximate surface area is 130 Å². The van der Waals surface area contributed by atoms with Crippen molar-refractivity contribution in [1.29, 1.82) is 0 Å². The smallest absolute Gasteiger partial charge is 0.0165 e. The van der Waals surface area contributed by atoms with Crippen molar-refractivity contribution in [3.8, 4) is 0 Å². The lowest BCUT2D eigenvalue weighted by molar-refractivity contribution is 0.529. The molecule has 0 spiro atoms. The van der Waals surface area contributed by atoms with E-state index in [2.05, 4.69) is 75.4 Å². The Hall–Kier alpha value is -1.56. The highest BCUT2D eigenvalue weighted by Crippen LogP contribution is 2.28. The first-order chi connectivity index (χ1) is 10.2. The lowest BCUT2D eigenvalue weighted by atomic mass is 9.88. The van der Waals surface area contributed by atoms with Crippen LogP contribution in [0.1, 0.15) is 68.1 Å². The molecular weight excluding hydrogens is 252 g/mol. The molecular formula is C21H28. The molecule has 21 heavy (non-hydrogen) atoms. The molecule has 0 nitrogen and oxygen atoms in total. The van der Waals surface area contributed by atoms with Gasteiger partial charge in [0.15, 0.2) is 0 Å². The molecule has 0 heteroatoms. The summed E-state index contributed by atoms with van der Waals surface area (Å²) in [6, 6.07) is 20.0. The van der Waals surface area contributed by atoms with Crippen LogP contribution in [0.3, 0.4) is 0 Å². The van der Waals surface area contributed by atoms with Crippen LogP contribution in [-0.2, 0) is 0 Å². The van der Waals surface area contributed by atoms with E-state index >= 15 is 0 Å². The van der Waals surface area contributed by atoms with Crippen LogP contribution in [-0.4, -0.2) is 0 Å². The van der Waals surface area contributed by atoms with Crippen LogP contribution in [0.15, 0.2) is 54.6 Å². The minimum Gasteiger partial charge on any atom is -0.0648 e. The predicted molar refractivity (Wildman–Crippen MR) is 92.9 cm³/mol. The van der Waals surface area contributed by atoms with Gasteiger partial charge >= 0.3 is 0 Å². The molecule has 0 radical (unpaired) electrons. The summed E-state index contributed by atoms with van der Waals surface area (Å²) in [5.74, 6) is 1.38. The van der Waals surface area contributed by atoms with Gasteiger partial charge in [-0.2, -0.15) is 0 Å². The monoisotopic (exact) mass is 280 g/mol. The average Bonchev–Trinajstić information content (AvgIpc) is 2.53. The van der Waals surface area contributed by atoms with Crippen LogP contribution >= 0.6 is 0 Å². The Morgan fingerprint density at radius 2 is 1.48 bits per heavy atom. The molecule has 0 saturated carbocycles. The summed E-state index contributed by atoms with van der Waals surface area (Å²) in [4.78, 5) is 0. The third-order valence-electron chi connectivity index (χ3n) is 4.60. The Balaban J connectivity index is 1.84. The third kappa shape index (κ3) is 4.74. The zero-order valence-corrected chi connectivity index (χ0v) is 13.7. The molecule has 0 aromatic heterocycles. The van der Waals surface area contributed by atoms with Gasteiger partial charge in [0.1, 0.15) is 0 Å². The Morgan fingerprint density at radius 1 is 0.810 bits per heavy atom. The van der Waals surface area contributed by atoms with Crippen LogP contribution in [0.25, 0.3) is 0 Å². The lowest BCUT2D eigenvalue weighted by Crippen LogP contribution is -1.99. The zero-order chi connectivity index (χ0) is 15.1. The number of aryl methyl sites for hydroxylation is 1. The summed E-state index contributed by atoms with van der Waals surface area (Å²) >= 11 is 0. The van der Waals surface area contributed by atoms with Gasteiger partial charge in [0.25, 0.3) is 0 Å². The van der Waals surface area contributed by atoms with E-state index < -0.39 is 0 Å². The second-order valence-corrected chi connectivity index (χ2v) is 6.26.